The highest BCUT2D eigenvalue weighted by Crippen LogP contribution is 2.16. The van der Waals surface area contributed by atoms with Gasteiger partial charge in [0.15, 0.2) is 0 Å². The van der Waals surface area contributed by atoms with Crippen LogP contribution in [-0.2, 0) is 16.0 Å². The number of ether oxygens (including phenoxy) is 1. The van der Waals surface area contributed by atoms with Gasteiger partial charge in [-0.05, 0) is 30.5 Å². The predicted molar refractivity (Wildman–Crippen MR) is 60.1 cm³/mol. The molecule has 0 aliphatic carbocycles. The van der Waals surface area contributed by atoms with E-state index in [-0.39, 0.29) is 17.8 Å². The van der Waals surface area contributed by atoms with Crippen LogP contribution in [0.5, 0.6) is 5.75 Å². The number of phenols is 1. The molecule has 0 bridgehead atoms. The van der Waals surface area contributed by atoms with Crippen LogP contribution in [0.1, 0.15) is 18.4 Å². The van der Waals surface area contributed by atoms with Crippen molar-refractivity contribution in [2.24, 2.45) is 0 Å². The first-order valence-corrected chi connectivity index (χ1v) is 5.39. The standard InChI is InChI=1S/C13H14O3/c14-11-7-4-10(5-8-11)6-9-12-2-1-3-13(15)16-12/h1,3-5,7-8,12,14H,2,6,9H2. The summed E-state index contributed by atoms with van der Waals surface area (Å²) in [5.41, 5.74) is 1.14. The number of rotatable bonds is 3. The Balaban J connectivity index is 1.85. The van der Waals surface area contributed by atoms with E-state index < -0.39 is 0 Å². The Morgan fingerprint density at radius 1 is 1.31 bits per heavy atom. The van der Waals surface area contributed by atoms with Gasteiger partial charge < -0.3 is 9.84 Å². The summed E-state index contributed by atoms with van der Waals surface area (Å²) in [6.07, 6.45) is 5.78. The van der Waals surface area contributed by atoms with Gasteiger partial charge in [0.2, 0.25) is 0 Å². The molecule has 0 saturated carbocycles. The summed E-state index contributed by atoms with van der Waals surface area (Å²) < 4.78 is 5.16. The summed E-state index contributed by atoms with van der Waals surface area (Å²) in [4.78, 5) is 11.0. The number of hydrogen-bond donors (Lipinski definition) is 1. The number of aromatic hydroxyl groups is 1. The molecule has 0 aromatic heterocycles. The molecule has 0 spiro atoms. The van der Waals surface area contributed by atoms with Crippen LogP contribution in [0, 0.1) is 0 Å². The lowest BCUT2D eigenvalue weighted by molar-refractivity contribution is -0.144. The van der Waals surface area contributed by atoms with Gasteiger partial charge in [0.25, 0.3) is 0 Å². The van der Waals surface area contributed by atoms with Gasteiger partial charge in [0, 0.05) is 12.5 Å². The average molecular weight is 218 g/mol. The van der Waals surface area contributed by atoms with Crippen molar-refractivity contribution in [3.8, 4) is 5.75 Å². The van der Waals surface area contributed by atoms with Crippen LogP contribution in [0.2, 0.25) is 0 Å². The maximum atomic E-state index is 11.0. The number of carbonyl (C=O) groups is 1. The summed E-state index contributed by atoms with van der Waals surface area (Å²) >= 11 is 0. The van der Waals surface area contributed by atoms with Crippen molar-refractivity contribution in [2.45, 2.75) is 25.4 Å². The number of hydrogen-bond acceptors (Lipinski definition) is 3. The Hall–Kier alpha value is -1.77. The van der Waals surface area contributed by atoms with Gasteiger partial charge >= 0.3 is 5.97 Å². The highest BCUT2D eigenvalue weighted by molar-refractivity contribution is 5.82. The van der Waals surface area contributed by atoms with Gasteiger partial charge in [-0.2, -0.15) is 0 Å². The number of aryl methyl sites for hydroxylation is 1. The van der Waals surface area contributed by atoms with E-state index in [9.17, 15) is 4.79 Å². The molecule has 0 radical (unpaired) electrons. The smallest absolute Gasteiger partial charge is 0.330 e. The lowest BCUT2D eigenvalue weighted by atomic mass is 10.0. The minimum Gasteiger partial charge on any atom is -0.508 e. The Labute approximate surface area is 94.4 Å². The van der Waals surface area contributed by atoms with E-state index in [1.807, 2.05) is 18.2 Å². The zero-order valence-electron chi connectivity index (χ0n) is 8.93. The van der Waals surface area contributed by atoms with Gasteiger partial charge in [0.1, 0.15) is 11.9 Å². The van der Waals surface area contributed by atoms with Crippen LogP contribution in [0.25, 0.3) is 0 Å². The summed E-state index contributed by atoms with van der Waals surface area (Å²) in [6.45, 7) is 0. The molecule has 1 atom stereocenters. The molecule has 84 valence electrons. The minimum atomic E-state index is -0.248. The van der Waals surface area contributed by atoms with E-state index >= 15 is 0 Å². The molecule has 3 nitrogen and oxygen atoms in total. The number of carbonyl (C=O) groups excluding carboxylic acids is 1. The lowest BCUT2D eigenvalue weighted by Crippen LogP contribution is -2.20. The van der Waals surface area contributed by atoms with Crippen LogP contribution in [-0.4, -0.2) is 17.2 Å². The zero-order valence-corrected chi connectivity index (χ0v) is 8.93. The van der Waals surface area contributed by atoms with Crippen molar-refractivity contribution in [3.05, 3.63) is 42.0 Å². The second kappa shape index (κ2) is 4.84. The third-order valence-corrected chi connectivity index (χ3v) is 2.63. The molecule has 1 unspecified atom stereocenters. The first-order chi connectivity index (χ1) is 7.74. The van der Waals surface area contributed by atoms with Crippen molar-refractivity contribution < 1.29 is 14.6 Å². The monoisotopic (exact) mass is 218 g/mol. The van der Waals surface area contributed by atoms with Gasteiger partial charge in [-0.3, -0.25) is 0 Å². The van der Waals surface area contributed by atoms with E-state index in [1.54, 1.807) is 12.1 Å². The van der Waals surface area contributed by atoms with Crippen molar-refractivity contribution >= 4 is 5.97 Å². The van der Waals surface area contributed by atoms with E-state index in [4.69, 9.17) is 9.84 Å². The second-order valence-corrected chi connectivity index (χ2v) is 3.90. The molecule has 0 fully saturated rings. The lowest BCUT2D eigenvalue weighted by Gasteiger charge is -2.18. The summed E-state index contributed by atoms with van der Waals surface area (Å²) in [5.74, 6) is 0.0257. The molecular formula is C13H14O3. The van der Waals surface area contributed by atoms with E-state index in [1.165, 1.54) is 6.08 Å². The molecule has 1 heterocycles. The fourth-order valence-electron chi connectivity index (χ4n) is 1.73. The Morgan fingerprint density at radius 2 is 2.06 bits per heavy atom. The van der Waals surface area contributed by atoms with Crippen LogP contribution in [0.15, 0.2) is 36.4 Å². The molecule has 1 N–H and O–H groups in total. The van der Waals surface area contributed by atoms with Gasteiger partial charge in [0.05, 0.1) is 0 Å². The summed E-state index contributed by atoms with van der Waals surface area (Å²) in [5, 5.41) is 9.13. The van der Waals surface area contributed by atoms with E-state index in [0.29, 0.717) is 0 Å². The Morgan fingerprint density at radius 3 is 2.75 bits per heavy atom. The molecule has 16 heavy (non-hydrogen) atoms. The Kier molecular flexibility index (Phi) is 3.25. The average Bonchev–Trinajstić information content (AvgIpc) is 2.28. The van der Waals surface area contributed by atoms with Crippen LogP contribution in [0.4, 0.5) is 0 Å². The van der Waals surface area contributed by atoms with Gasteiger partial charge in [-0.25, -0.2) is 4.79 Å². The predicted octanol–water partition coefficient (Wildman–Crippen LogP) is 2.20. The summed E-state index contributed by atoms with van der Waals surface area (Å²) in [7, 11) is 0. The number of phenolic OH excluding ortho intramolecular Hbond substituents is 1. The van der Waals surface area contributed by atoms with Crippen LogP contribution >= 0.6 is 0 Å². The van der Waals surface area contributed by atoms with Crippen LogP contribution in [0.3, 0.4) is 0 Å². The van der Waals surface area contributed by atoms with Gasteiger partial charge in [-0.1, -0.05) is 18.2 Å². The number of esters is 1. The highest BCUT2D eigenvalue weighted by atomic mass is 16.5. The van der Waals surface area contributed by atoms with Crippen molar-refractivity contribution in [2.75, 3.05) is 0 Å². The SMILES string of the molecule is O=C1C=CCC(CCc2ccc(O)cc2)O1. The molecule has 3 heteroatoms. The molecule has 1 aromatic rings. The molecule has 2 rings (SSSR count). The van der Waals surface area contributed by atoms with Crippen molar-refractivity contribution in [1.82, 2.24) is 0 Å². The molecular weight excluding hydrogens is 204 g/mol. The van der Waals surface area contributed by atoms with Crippen LogP contribution < -0.4 is 0 Å². The third-order valence-electron chi connectivity index (χ3n) is 2.63. The molecule has 1 aliphatic rings. The Bertz CT molecular complexity index is 392. The summed E-state index contributed by atoms with van der Waals surface area (Å²) in [6, 6.07) is 7.11. The third kappa shape index (κ3) is 2.86. The largest absolute Gasteiger partial charge is 0.508 e. The quantitative estimate of drug-likeness (QED) is 0.791. The fourth-order valence-corrected chi connectivity index (χ4v) is 1.73. The first kappa shape index (κ1) is 10.7. The molecule has 1 aromatic carbocycles. The van der Waals surface area contributed by atoms with E-state index in [0.717, 1.165) is 24.8 Å². The van der Waals surface area contributed by atoms with Crippen molar-refractivity contribution in [1.29, 1.82) is 0 Å². The maximum Gasteiger partial charge on any atom is 0.330 e. The number of cyclic esters (lactones) is 1. The first-order valence-electron chi connectivity index (χ1n) is 5.39. The zero-order chi connectivity index (χ0) is 11.4. The highest BCUT2D eigenvalue weighted by Gasteiger charge is 2.15. The molecule has 0 saturated heterocycles. The second-order valence-electron chi connectivity index (χ2n) is 3.90. The molecule has 1 aliphatic heterocycles. The maximum absolute atomic E-state index is 11.0. The normalized spacial score (nSPS) is 19.5. The minimum absolute atomic E-state index is 0.00805. The van der Waals surface area contributed by atoms with E-state index in [2.05, 4.69) is 0 Å². The topological polar surface area (TPSA) is 46.5 Å². The molecule has 0 amide bonds. The fraction of sp³-hybridized carbons (Fsp3) is 0.308. The van der Waals surface area contributed by atoms with Crippen molar-refractivity contribution in [3.63, 3.8) is 0 Å². The number of benzene rings is 1. The van der Waals surface area contributed by atoms with Gasteiger partial charge in [-0.15, -0.1) is 0 Å².